The second-order valence-corrected chi connectivity index (χ2v) is 7.64. The molecule has 0 saturated heterocycles. The number of methoxy groups -OCH3 is 1. The summed E-state index contributed by atoms with van der Waals surface area (Å²) in [4.78, 5) is 0. The number of hydrogen-bond acceptors (Lipinski definition) is 4. The molecule has 0 radical (unpaired) electrons. The van der Waals surface area contributed by atoms with Crippen LogP contribution in [0.2, 0.25) is 0 Å². The first kappa shape index (κ1) is 21.0. The molecule has 0 saturated carbocycles. The van der Waals surface area contributed by atoms with E-state index in [9.17, 15) is 13.2 Å². The summed E-state index contributed by atoms with van der Waals surface area (Å²) in [5, 5.41) is 9.27. The SMILES string of the molecule is COc1cccc(-c2nnc(SCc3cccc(C(F)(F)F)c3)n2-c2ccccc2)c1. The van der Waals surface area contributed by atoms with E-state index in [0.717, 1.165) is 17.3 Å². The molecule has 1 aromatic heterocycles. The topological polar surface area (TPSA) is 39.9 Å². The third-order valence-electron chi connectivity index (χ3n) is 4.60. The maximum atomic E-state index is 13.0. The molecule has 0 aliphatic rings. The Balaban J connectivity index is 1.69. The zero-order valence-electron chi connectivity index (χ0n) is 16.5. The molecule has 3 aromatic carbocycles. The van der Waals surface area contributed by atoms with E-state index < -0.39 is 11.7 Å². The molecule has 158 valence electrons. The van der Waals surface area contributed by atoms with Crippen LogP contribution in [-0.2, 0) is 11.9 Å². The van der Waals surface area contributed by atoms with Crippen molar-refractivity contribution in [3.63, 3.8) is 0 Å². The average molecular weight is 441 g/mol. The fourth-order valence-electron chi connectivity index (χ4n) is 3.11. The maximum Gasteiger partial charge on any atom is 0.416 e. The highest BCUT2D eigenvalue weighted by Gasteiger charge is 2.30. The number of hydrogen-bond donors (Lipinski definition) is 0. The molecule has 0 bridgehead atoms. The van der Waals surface area contributed by atoms with Crippen LogP contribution in [0.5, 0.6) is 5.75 Å². The predicted molar refractivity (Wildman–Crippen MR) is 114 cm³/mol. The number of thioether (sulfide) groups is 1. The first-order valence-electron chi connectivity index (χ1n) is 9.40. The van der Waals surface area contributed by atoms with Gasteiger partial charge < -0.3 is 4.74 Å². The van der Waals surface area contributed by atoms with Crippen LogP contribution in [0.1, 0.15) is 11.1 Å². The molecule has 4 rings (SSSR count). The molecule has 0 fully saturated rings. The van der Waals surface area contributed by atoms with E-state index >= 15 is 0 Å². The fourth-order valence-corrected chi connectivity index (χ4v) is 4.00. The largest absolute Gasteiger partial charge is 0.497 e. The van der Waals surface area contributed by atoms with Gasteiger partial charge in [-0.2, -0.15) is 13.2 Å². The summed E-state index contributed by atoms with van der Waals surface area (Å²) in [6, 6.07) is 22.4. The maximum absolute atomic E-state index is 13.0. The average Bonchev–Trinajstić information content (AvgIpc) is 3.22. The van der Waals surface area contributed by atoms with Gasteiger partial charge in [-0.3, -0.25) is 4.57 Å². The van der Waals surface area contributed by atoms with Crippen LogP contribution in [0.3, 0.4) is 0 Å². The molecule has 0 N–H and O–H groups in total. The molecule has 0 spiro atoms. The van der Waals surface area contributed by atoms with Crippen molar-refractivity contribution in [1.29, 1.82) is 0 Å². The molecule has 4 nitrogen and oxygen atoms in total. The third-order valence-corrected chi connectivity index (χ3v) is 5.60. The molecule has 8 heteroatoms. The molecule has 1 heterocycles. The highest BCUT2D eigenvalue weighted by atomic mass is 32.2. The Morgan fingerprint density at radius 1 is 0.903 bits per heavy atom. The van der Waals surface area contributed by atoms with E-state index in [1.165, 1.54) is 23.9 Å². The van der Waals surface area contributed by atoms with Gasteiger partial charge in [-0.25, -0.2) is 0 Å². The Labute approximate surface area is 181 Å². The van der Waals surface area contributed by atoms with E-state index in [1.54, 1.807) is 13.2 Å². The Hall–Kier alpha value is -3.26. The van der Waals surface area contributed by atoms with Crippen molar-refractivity contribution in [3.05, 3.63) is 90.0 Å². The number of alkyl halides is 3. The van der Waals surface area contributed by atoms with Gasteiger partial charge in [0.05, 0.1) is 12.7 Å². The van der Waals surface area contributed by atoms with Gasteiger partial charge in [-0.1, -0.05) is 60.3 Å². The van der Waals surface area contributed by atoms with Crippen molar-refractivity contribution in [3.8, 4) is 22.8 Å². The Morgan fingerprint density at radius 2 is 1.68 bits per heavy atom. The second-order valence-electron chi connectivity index (χ2n) is 6.70. The van der Waals surface area contributed by atoms with Crippen molar-refractivity contribution in [2.24, 2.45) is 0 Å². The van der Waals surface area contributed by atoms with Gasteiger partial charge in [-0.05, 0) is 35.9 Å². The predicted octanol–water partition coefficient (Wildman–Crippen LogP) is 6.25. The fraction of sp³-hybridized carbons (Fsp3) is 0.130. The summed E-state index contributed by atoms with van der Waals surface area (Å²) in [7, 11) is 1.59. The summed E-state index contributed by atoms with van der Waals surface area (Å²) in [5.41, 5.74) is 1.58. The minimum absolute atomic E-state index is 0.326. The third kappa shape index (κ3) is 4.74. The summed E-state index contributed by atoms with van der Waals surface area (Å²) in [6.45, 7) is 0. The Bertz CT molecular complexity index is 1180. The van der Waals surface area contributed by atoms with E-state index in [2.05, 4.69) is 10.2 Å². The van der Waals surface area contributed by atoms with Crippen LogP contribution in [0, 0.1) is 0 Å². The van der Waals surface area contributed by atoms with Crippen molar-refractivity contribution in [2.45, 2.75) is 17.1 Å². The molecule has 0 amide bonds. The van der Waals surface area contributed by atoms with Crippen LogP contribution < -0.4 is 4.74 Å². The molecule has 0 aliphatic heterocycles. The second kappa shape index (κ2) is 8.85. The molecule has 4 aromatic rings. The summed E-state index contributed by atoms with van der Waals surface area (Å²) in [6.07, 6.45) is -4.37. The number of halogens is 3. The number of benzene rings is 3. The van der Waals surface area contributed by atoms with Crippen LogP contribution >= 0.6 is 11.8 Å². The minimum atomic E-state index is -4.37. The first-order chi connectivity index (χ1) is 15.0. The lowest BCUT2D eigenvalue weighted by Gasteiger charge is -2.11. The highest BCUT2D eigenvalue weighted by Crippen LogP contribution is 2.33. The monoisotopic (exact) mass is 441 g/mol. The standard InChI is InChI=1S/C23H18F3N3OS/c1-30-20-12-6-8-17(14-20)21-27-28-22(29(21)19-10-3-2-4-11-19)31-15-16-7-5-9-18(13-16)23(24,25)26/h2-14H,15H2,1H3. The van der Waals surface area contributed by atoms with Gasteiger partial charge in [0.1, 0.15) is 5.75 Å². The molecule has 0 aliphatic carbocycles. The zero-order valence-corrected chi connectivity index (χ0v) is 17.3. The van der Waals surface area contributed by atoms with E-state index in [0.29, 0.717) is 28.0 Å². The number of para-hydroxylation sites is 1. The molecule has 0 atom stereocenters. The van der Waals surface area contributed by atoms with Gasteiger partial charge in [-0.15, -0.1) is 10.2 Å². The lowest BCUT2D eigenvalue weighted by atomic mass is 10.1. The van der Waals surface area contributed by atoms with Crippen LogP contribution in [0.25, 0.3) is 17.1 Å². The molecular weight excluding hydrogens is 423 g/mol. The number of rotatable bonds is 6. The summed E-state index contributed by atoms with van der Waals surface area (Å²) >= 11 is 1.33. The van der Waals surface area contributed by atoms with Crippen molar-refractivity contribution < 1.29 is 17.9 Å². The Morgan fingerprint density at radius 3 is 2.42 bits per heavy atom. The van der Waals surface area contributed by atoms with Gasteiger partial charge in [0.2, 0.25) is 0 Å². The molecule has 0 unspecified atom stereocenters. The summed E-state index contributed by atoms with van der Waals surface area (Å²) in [5.74, 6) is 1.64. The number of ether oxygens (including phenoxy) is 1. The normalized spacial score (nSPS) is 11.5. The van der Waals surface area contributed by atoms with Gasteiger partial charge >= 0.3 is 6.18 Å². The molecular formula is C23H18F3N3OS. The lowest BCUT2D eigenvalue weighted by molar-refractivity contribution is -0.137. The van der Waals surface area contributed by atoms with Crippen LogP contribution in [-0.4, -0.2) is 21.9 Å². The smallest absolute Gasteiger partial charge is 0.416 e. The minimum Gasteiger partial charge on any atom is -0.497 e. The first-order valence-corrected chi connectivity index (χ1v) is 10.4. The van der Waals surface area contributed by atoms with Gasteiger partial charge in [0.25, 0.3) is 0 Å². The van der Waals surface area contributed by atoms with Crippen LogP contribution in [0.4, 0.5) is 13.2 Å². The lowest BCUT2D eigenvalue weighted by Crippen LogP contribution is -2.05. The van der Waals surface area contributed by atoms with E-state index in [4.69, 9.17) is 4.74 Å². The zero-order chi connectivity index (χ0) is 21.8. The van der Waals surface area contributed by atoms with E-state index in [-0.39, 0.29) is 0 Å². The summed E-state index contributed by atoms with van der Waals surface area (Å²) < 4.78 is 46.3. The Kier molecular flexibility index (Phi) is 5.99. The number of nitrogens with zero attached hydrogens (tertiary/aromatic N) is 3. The van der Waals surface area contributed by atoms with E-state index in [1.807, 2.05) is 59.2 Å². The van der Waals surface area contributed by atoms with Gasteiger partial charge in [0.15, 0.2) is 11.0 Å². The van der Waals surface area contributed by atoms with Crippen molar-refractivity contribution >= 4 is 11.8 Å². The number of aromatic nitrogens is 3. The van der Waals surface area contributed by atoms with Gasteiger partial charge in [0, 0.05) is 17.0 Å². The highest BCUT2D eigenvalue weighted by molar-refractivity contribution is 7.98. The van der Waals surface area contributed by atoms with Crippen LogP contribution in [0.15, 0.2) is 84.0 Å². The van der Waals surface area contributed by atoms with Crippen molar-refractivity contribution in [1.82, 2.24) is 14.8 Å². The molecule has 31 heavy (non-hydrogen) atoms. The quantitative estimate of drug-likeness (QED) is 0.332. The van der Waals surface area contributed by atoms with Crippen molar-refractivity contribution in [2.75, 3.05) is 7.11 Å².